The zero-order valence-corrected chi connectivity index (χ0v) is 9.80. The normalized spacial score (nSPS) is 28.6. The van der Waals surface area contributed by atoms with Gasteiger partial charge in [-0.05, 0) is 38.3 Å². The average molecular weight is 211 g/mol. The van der Waals surface area contributed by atoms with E-state index < -0.39 is 0 Å². The molecule has 2 nitrogen and oxygen atoms in total. The molecular formula is C13H25NO. The molecule has 1 heterocycles. The van der Waals surface area contributed by atoms with Crippen LogP contribution in [-0.2, 0) is 0 Å². The van der Waals surface area contributed by atoms with Crippen molar-refractivity contribution < 1.29 is 5.11 Å². The van der Waals surface area contributed by atoms with Crippen LogP contribution < -0.4 is 5.32 Å². The summed E-state index contributed by atoms with van der Waals surface area (Å²) in [4.78, 5) is 0. The van der Waals surface area contributed by atoms with Gasteiger partial charge in [0.2, 0.25) is 0 Å². The van der Waals surface area contributed by atoms with Crippen molar-refractivity contribution in [3.63, 3.8) is 0 Å². The van der Waals surface area contributed by atoms with Crippen LogP contribution in [0, 0.1) is 5.92 Å². The van der Waals surface area contributed by atoms with Crippen LogP contribution in [0.1, 0.15) is 57.8 Å². The number of aliphatic hydroxyl groups is 1. The van der Waals surface area contributed by atoms with Crippen molar-refractivity contribution >= 4 is 0 Å². The highest BCUT2D eigenvalue weighted by Crippen LogP contribution is 2.33. The molecule has 2 N–H and O–H groups in total. The lowest BCUT2D eigenvalue weighted by molar-refractivity contribution is -0.0135. The predicted octanol–water partition coefficient (Wildman–Crippen LogP) is 2.46. The van der Waals surface area contributed by atoms with Gasteiger partial charge in [-0.1, -0.05) is 38.5 Å². The zero-order chi connectivity index (χ0) is 10.6. The second-order valence-corrected chi connectivity index (χ2v) is 5.54. The summed E-state index contributed by atoms with van der Waals surface area (Å²) in [7, 11) is 0. The smallest absolute Gasteiger partial charge is 0.0674 e. The first-order valence-electron chi connectivity index (χ1n) is 6.72. The van der Waals surface area contributed by atoms with E-state index >= 15 is 0 Å². The van der Waals surface area contributed by atoms with Crippen LogP contribution in [0.15, 0.2) is 0 Å². The third-order valence-electron chi connectivity index (χ3n) is 4.18. The van der Waals surface area contributed by atoms with Crippen LogP contribution in [0.4, 0.5) is 0 Å². The Hall–Kier alpha value is -0.0800. The lowest BCUT2D eigenvalue weighted by Gasteiger charge is -2.35. The molecule has 0 unspecified atom stereocenters. The lowest BCUT2D eigenvalue weighted by atomic mass is 9.81. The van der Waals surface area contributed by atoms with E-state index in [-0.39, 0.29) is 5.60 Å². The SMILES string of the molecule is OC1(CC2CCCCCC2)CCNCC1. The number of hydrogen-bond acceptors (Lipinski definition) is 2. The predicted molar refractivity (Wildman–Crippen MR) is 62.9 cm³/mol. The highest BCUT2D eigenvalue weighted by molar-refractivity contribution is 4.86. The second-order valence-electron chi connectivity index (χ2n) is 5.54. The van der Waals surface area contributed by atoms with Crippen LogP contribution >= 0.6 is 0 Å². The molecule has 0 atom stereocenters. The molecule has 2 heteroatoms. The van der Waals surface area contributed by atoms with Crippen molar-refractivity contribution in [3.8, 4) is 0 Å². The van der Waals surface area contributed by atoms with E-state index in [9.17, 15) is 5.11 Å². The van der Waals surface area contributed by atoms with Crippen LogP contribution in [0.5, 0.6) is 0 Å². The molecule has 2 rings (SSSR count). The summed E-state index contributed by atoms with van der Waals surface area (Å²) in [5.41, 5.74) is -0.333. The molecule has 88 valence electrons. The molecule has 0 bridgehead atoms. The molecule has 0 radical (unpaired) electrons. The molecule has 1 saturated carbocycles. The van der Waals surface area contributed by atoms with E-state index in [0.717, 1.165) is 38.3 Å². The maximum absolute atomic E-state index is 10.5. The van der Waals surface area contributed by atoms with Gasteiger partial charge in [-0.15, -0.1) is 0 Å². The van der Waals surface area contributed by atoms with Crippen LogP contribution in [0.3, 0.4) is 0 Å². The van der Waals surface area contributed by atoms with E-state index in [1.165, 1.54) is 38.5 Å². The summed E-state index contributed by atoms with van der Waals surface area (Å²) in [5.74, 6) is 0.801. The Morgan fingerprint density at radius 1 is 1.00 bits per heavy atom. The lowest BCUT2D eigenvalue weighted by Crippen LogP contribution is -2.43. The fourth-order valence-corrected chi connectivity index (χ4v) is 3.20. The Labute approximate surface area is 93.5 Å². The van der Waals surface area contributed by atoms with Crippen molar-refractivity contribution in [1.82, 2.24) is 5.32 Å². The van der Waals surface area contributed by atoms with E-state index in [4.69, 9.17) is 0 Å². The summed E-state index contributed by atoms with van der Waals surface area (Å²) < 4.78 is 0. The third-order valence-corrected chi connectivity index (χ3v) is 4.18. The van der Waals surface area contributed by atoms with Gasteiger partial charge in [0, 0.05) is 0 Å². The molecular weight excluding hydrogens is 186 g/mol. The molecule has 1 aliphatic heterocycles. The minimum atomic E-state index is -0.333. The molecule has 0 aromatic carbocycles. The van der Waals surface area contributed by atoms with E-state index in [1.54, 1.807) is 0 Å². The number of rotatable bonds is 2. The fraction of sp³-hybridized carbons (Fsp3) is 1.00. The monoisotopic (exact) mass is 211 g/mol. The fourth-order valence-electron chi connectivity index (χ4n) is 3.20. The summed E-state index contributed by atoms with van der Waals surface area (Å²) in [6, 6.07) is 0. The molecule has 15 heavy (non-hydrogen) atoms. The molecule has 2 aliphatic rings. The first kappa shape index (κ1) is 11.4. The average Bonchev–Trinajstić information content (AvgIpc) is 2.47. The van der Waals surface area contributed by atoms with Gasteiger partial charge >= 0.3 is 0 Å². The van der Waals surface area contributed by atoms with Gasteiger partial charge in [-0.3, -0.25) is 0 Å². The van der Waals surface area contributed by atoms with Gasteiger partial charge in [0.05, 0.1) is 5.60 Å². The van der Waals surface area contributed by atoms with E-state index in [0.29, 0.717) is 0 Å². The minimum Gasteiger partial charge on any atom is -0.390 e. The highest BCUT2D eigenvalue weighted by atomic mass is 16.3. The van der Waals surface area contributed by atoms with Crippen molar-refractivity contribution in [2.24, 2.45) is 5.92 Å². The maximum atomic E-state index is 10.5. The van der Waals surface area contributed by atoms with Gasteiger partial charge in [-0.2, -0.15) is 0 Å². The van der Waals surface area contributed by atoms with Gasteiger partial charge < -0.3 is 10.4 Å². The Morgan fingerprint density at radius 2 is 1.60 bits per heavy atom. The van der Waals surface area contributed by atoms with E-state index in [2.05, 4.69) is 5.32 Å². The Morgan fingerprint density at radius 3 is 2.20 bits per heavy atom. The molecule has 1 saturated heterocycles. The van der Waals surface area contributed by atoms with Crippen molar-refractivity contribution in [2.45, 2.75) is 63.4 Å². The Kier molecular flexibility index (Phi) is 4.04. The summed E-state index contributed by atoms with van der Waals surface area (Å²) in [6.45, 7) is 2.01. The molecule has 0 aromatic heterocycles. The summed E-state index contributed by atoms with van der Waals surface area (Å²) in [5, 5.41) is 13.8. The molecule has 0 spiro atoms. The van der Waals surface area contributed by atoms with E-state index in [1.807, 2.05) is 0 Å². The first-order chi connectivity index (χ1) is 7.29. The van der Waals surface area contributed by atoms with Gasteiger partial charge in [0.1, 0.15) is 0 Å². The molecule has 1 aliphatic carbocycles. The van der Waals surface area contributed by atoms with Crippen LogP contribution in [0.25, 0.3) is 0 Å². The quantitative estimate of drug-likeness (QED) is 0.688. The Bertz CT molecular complexity index is 179. The van der Waals surface area contributed by atoms with Crippen molar-refractivity contribution in [2.75, 3.05) is 13.1 Å². The minimum absolute atomic E-state index is 0.333. The maximum Gasteiger partial charge on any atom is 0.0674 e. The molecule has 0 amide bonds. The Balaban J connectivity index is 1.82. The largest absolute Gasteiger partial charge is 0.390 e. The number of piperidine rings is 1. The molecule has 0 aromatic rings. The van der Waals surface area contributed by atoms with Gasteiger partial charge in [-0.25, -0.2) is 0 Å². The number of nitrogens with one attached hydrogen (secondary N) is 1. The van der Waals surface area contributed by atoms with Gasteiger partial charge in [0.15, 0.2) is 0 Å². The third kappa shape index (κ3) is 3.46. The second kappa shape index (κ2) is 5.31. The van der Waals surface area contributed by atoms with Crippen LogP contribution in [0.2, 0.25) is 0 Å². The topological polar surface area (TPSA) is 32.3 Å². The zero-order valence-electron chi connectivity index (χ0n) is 9.80. The van der Waals surface area contributed by atoms with Crippen molar-refractivity contribution in [3.05, 3.63) is 0 Å². The summed E-state index contributed by atoms with van der Waals surface area (Å²) >= 11 is 0. The number of hydrogen-bond donors (Lipinski definition) is 2. The standard InChI is InChI=1S/C13H25NO/c15-13(7-9-14-10-8-13)11-12-5-3-1-2-4-6-12/h12,14-15H,1-11H2. The molecule has 2 fully saturated rings. The van der Waals surface area contributed by atoms with Crippen LogP contribution in [-0.4, -0.2) is 23.8 Å². The van der Waals surface area contributed by atoms with Crippen molar-refractivity contribution in [1.29, 1.82) is 0 Å². The summed E-state index contributed by atoms with van der Waals surface area (Å²) in [6.07, 6.45) is 11.3. The highest BCUT2D eigenvalue weighted by Gasteiger charge is 2.31. The van der Waals surface area contributed by atoms with Gasteiger partial charge in [0.25, 0.3) is 0 Å². The first-order valence-corrected chi connectivity index (χ1v) is 6.72.